The Hall–Kier alpha value is -1.22. The predicted molar refractivity (Wildman–Crippen MR) is 70.4 cm³/mol. The Morgan fingerprint density at radius 1 is 1.35 bits per heavy atom. The van der Waals surface area contributed by atoms with Gasteiger partial charge >= 0.3 is 0 Å². The molecule has 7 heteroatoms. The van der Waals surface area contributed by atoms with Gasteiger partial charge in [0.2, 0.25) is 0 Å². The molecule has 1 heterocycles. The van der Waals surface area contributed by atoms with Crippen LogP contribution < -0.4 is 5.73 Å². The van der Waals surface area contributed by atoms with Crippen LogP contribution in [0.1, 0.15) is 5.56 Å². The van der Waals surface area contributed by atoms with Gasteiger partial charge in [0.05, 0.1) is 16.2 Å². The highest BCUT2D eigenvalue weighted by Crippen LogP contribution is 2.33. The Morgan fingerprint density at radius 2 is 1.94 bits per heavy atom. The van der Waals surface area contributed by atoms with Gasteiger partial charge in [-0.05, 0) is 12.1 Å². The second kappa shape index (κ2) is 4.57. The average Bonchev–Trinajstić information content (AvgIpc) is 2.59. The van der Waals surface area contributed by atoms with Crippen LogP contribution in [0.3, 0.4) is 0 Å². The van der Waals surface area contributed by atoms with Crippen molar-refractivity contribution < 1.29 is 0 Å². The van der Waals surface area contributed by atoms with Crippen molar-refractivity contribution in [2.24, 2.45) is 0 Å². The number of hydrogen-bond acceptors (Lipinski definition) is 3. The lowest BCUT2D eigenvalue weighted by molar-refractivity contribution is 0.891. The lowest BCUT2D eigenvalue weighted by Gasteiger charge is -2.09. The summed E-state index contributed by atoms with van der Waals surface area (Å²) in [5.41, 5.74) is 6.50. The van der Waals surface area contributed by atoms with Crippen molar-refractivity contribution in [1.29, 1.82) is 5.26 Å². The second-order valence-corrected chi connectivity index (χ2v) is 4.92. The highest BCUT2D eigenvalue weighted by molar-refractivity contribution is 9.10. The van der Waals surface area contributed by atoms with Gasteiger partial charge in [0.25, 0.3) is 0 Å². The zero-order chi connectivity index (χ0) is 12.6. The summed E-state index contributed by atoms with van der Waals surface area (Å²) in [6.45, 7) is 0. The van der Waals surface area contributed by atoms with Gasteiger partial charge in [0.15, 0.2) is 0 Å². The zero-order valence-electron chi connectivity index (χ0n) is 8.28. The van der Waals surface area contributed by atoms with E-state index in [1.807, 2.05) is 6.07 Å². The van der Waals surface area contributed by atoms with Crippen LogP contribution in [-0.4, -0.2) is 9.78 Å². The number of anilines is 1. The molecule has 0 saturated heterocycles. The van der Waals surface area contributed by atoms with Gasteiger partial charge in [-0.25, -0.2) is 4.68 Å². The summed E-state index contributed by atoms with van der Waals surface area (Å²) < 4.78 is 2.10. The quantitative estimate of drug-likeness (QED) is 0.870. The highest BCUT2D eigenvalue weighted by atomic mass is 79.9. The van der Waals surface area contributed by atoms with Crippen molar-refractivity contribution in [3.63, 3.8) is 0 Å². The first-order valence-corrected chi connectivity index (χ1v) is 5.98. The van der Waals surface area contributed by atoms with E-state index in [-0.39, 0.29) is 11.4 Å². The number of nitrogen functional groups attached to an aromatic ring is 1. The Balaban J connectivity index is 2.69. The molecule has 0 aliphatic heterocycles. The van der Waals surface area contributed by atoms with Crippen molar-refractivity contribution in [3.05, 3.63) is 38.4 Å². The fourth-order valence-corrected chi connectivity index (χ4v) is 2.73. The van der Waals surface area contributed by atoms with Gasteiger partial charge in [-0.2, -0.15) is 10.4 Å². The summed E-state index contributed by atoms with van der Waals surface area (Å²) in [5, 5.41) is 13.6. The minimum atomic E-state index is 0.207. The molecule has 0 bridgehead atoms. The molecular formula is C10H5BrCl2N4. The van der Waals surface area contributed by atoms with Crippen LogP contribution in [-0.2, 0) is 0 Å². The molecule has 0 amide bonds. The number of rotatable bonds is 1. The maximum Gasteiger partial charge on any atom is 0.145 e. The third-order valence-corrected chi connectivity index (χ3v) is 3.15. The Labute approximate surface area is 116 Å². The summed E-state index contributed by atoms with van der Waals surface area (Å²) in [4.78, 5) is 0. The van der Waals surface area contributed by atoms with E-state index in [1.165, 1.54) is 10.9 Å². The molecule has 0 aliphatic rings. The maximum atomic E-state index is 8.80. The number of hydrogen-bond donors (Lipinski definition) is 1. The van der Waals surface area contributed by atoms with Gasteiger partial charge in [0.1, 0.15) is 23.1 Å². The van der Waals surface area contributed by atoms with Crippen LogP contribution >= 0.6 is 39.1 Å². The lowest BCUT2D eigenvalue weighted by atomic mass is 10.3. The topological polar surface area (TPSA) is 67.6 Å². The summed E-state index contributed by atoms with van der Waals surface area (Å²) in [5.74, 6) is 0.207. The number of aromatic nitrogens is 2. The number of benzene rings is 1. The largest absolute Gasteiger partial charge is 0.382 e. The third kappa shape index (κ3) is 2.12. The number of nitrogens with two attached hydrogens (primary N) is 1. The fourth-order valence-electron chi connectivity index (χ4n) is 1.36. The Bertz CT molecular complexity index is 607. The first-order valence-electron chi connectivity index (χ1n) is 4.43. The normalized spacial score (nSPS) is 10.2. The third-order valence-electron chi connectivity index (χ3n) is 2.12. The van der Waals surface area contributed by atoms with Crippen molar-refractivity contribution in [1.82, 2.24) is 9.78 Å². The first-order chi connectivity index (χ1) is 8.04. The monoisotopic (exact) mass is 330 g/mol. The molecule has 0 unspecified atom stereocenters. The molecule has 0 radical (unpaired) electrons. The summed E-state index contributed by atoms with van der Waals surface area (Å²) in [6, 6.07) is 5.28. The van der Waals surface area contributed by atoms with Crippen LogP contribution in [0.25, 0.3) is 5.69 Å². The van der Waals surface area contributed by atoms with Crippen LogP contribution in [0.5, 0.6) is 0 Å². The molecule has 0 aliphatic carbocycles. The van der Waals surface area contributed by atoms with Crippen LogP contribution in [0.2, 0.25) is 10.0 Å². The van der Waals surface area contributed by atoms with E-state index in [9.17, 15) is 0 Å². The van der Waals surface area contributed by atoms with E-state index in [4.69, 9.17) is 34.2 Å². The van der Waals surface area contributed by atoms with Gasteiger partial charge in [-0.15, -0.1) is 0 Å². The zero-order valence-corrected chi connectivity index (χ0v) is 11.4. The summed E-state index contributed by atoms with van der Waals surface area (Å²) >= 11 is 15.4. The van der Waals surface area contributed by atoms with Crippen LogP contribution in [0, 0.1) is 11.3 Å². The molecule has 0 fully saturated rings. The van der Waals surface area contributed by atoms with Crippen LogP contribution in [0.4, 0.5) is 5.82 Å². The standard InChI is InChI=1S/C10H5BrCl2N4/c11-6-1-7(12)9(8(13)2-6)17-10(15)5(3-14)4-16-17/h1-2,4H,15H2. The Kier molecular flexibility index (Phi) is 3.29. The Morgan fingerprint density at radius 3 is 2.41 bits per heavy atom. The fraction of sp³-hybridized carbons (Fsp3) is 0. The molecule has 0 atom stereocenters. The van der Waals surface area contributed by atoms with Crippen molar-refractivity contribution in [2.75, 3.05) is 5.73 Å². The SMILES string of the molecule is N#Cc1cnn(-c2c(Cl)cc(Br)cc2Cl)c1N. The minimum Gasteiger partial charge on any atom is -0.382 e. The second-order valence-electron chi connectivity index (χ2n) is 3.19. The van der Waals surface area contributed by atoms with E-state index >= 15 is 0 Å². The first kappa shape index (κ1) is 12.2. The van der Waals surface area contributed by atoms with E-state index < -0.39 is 0 Å². The molecular weight excluding hydrogens is 327 g/mol. The smallest absolute Gasteiger partial charge is 0.145 e. The van der Waals surface area contributed by atoms with Crippen molar-refractivity contribution in [2.45, 2.75) is 0 Å². The molecule has 17 heavy (non-hydrogen) atoms. The van der Waals surface area contributed by atoms with Gasteiger partial charge in [-0.1, -0.05) is 39.1 Å². The molecule has 4 nitrogen and oxygen atoms in total. The molecule has 1 aromatic carbocycles. The number of nitrogens with zero attached hydrogens (tertiary/aromatic N) is 3. The molecule has 2 aromatic rings. The van der Waals surface area contributed by atoms with Gasteiger partial charge in [0, 0.05) is 4.47 Å². The number of nitriles is 1. The van der Waals surface area contributed by atoms with E-state index in [2.05, 4.69) is 21.0 Å². The lowest BCUT2D eigenvalue weighted by Crippen LogP contribution is -2.04. The van der Waals surface area contributed by atoms with Crippen molar-refractivity contribution in [3.8, 4) is 11.8 Å². The number of halogens is 3. The van der Waals surface area contributed by atoms with Gasteiger partial charge in [-0.3, -0.25) is 0 Å². The van der Waals surface area contributed by atoms with E-state index in [1.54, 1.807) is 12.1 Å². The summed E-state index contributed by atoms with van der Waals surface area (Å²) in [6.07, 6.45) is 1.37. The molecule has 2 rings (SSSR count). The maximum absolute atomic E-state index is 8.80. The van der Waals surface area contributed by atoms with Gasteiger partial charge < -0.3 is 5.73 Å². The molecule has 1 aromatic heterocycles. The molecule has 86 valence electrons. The van der Waals surface area contributed by atoms with Crippen LogP contribution in [0.15, 0.2) is 22.8 Å². The summed E-state index contributed by atoms with van der Waals surface area (Å²) in [7, 11) is 0. The average molecular weight is 332 g/mol. The molecule has 2 N–H and O–H groups in total. The van der Waals surface area contributed by atoms with Crippen molar-refractivity contribution >= 4 is 44.9 Å². The molecule has 0 saturated carbocycles. The molecule has 0 spiro atoms. The predicted octanol–water partition coefficient (Wildman–Crippen LogP) is 3.40. The van der Waals surface area contributed by atoms with E-state index in [0.29, 0.717) is 15.7 Å². The highest BCUT2D eigenvalue weighted by Gasteiger charge is 2.15. The minimum absolute atomic E-state index is 0.207. The van der Waals surface area contributed by atoms with E-state index in [0.717, 1.165) is 4.47 Å².